The zero-order valence-corrected chi connectivity index (χ0v) is 11.9. The van der Waals surface area contributed by atoms with Crippen LogP contribution in [-0.4, -0.2) is 18.5 Å². The Morgan fingerprint density at radius 3 is 2.63 bits per heavy atom. The van der Waals surface area contributed by atoms with Crippen molar-refractivity contribution in [1.29, 1.82) is 0 Å². The molecule has 3 nitrogen and oxygen atoms in total. The minimum Gasteiger partial charge on any atom is -0.325 e. The molecule has 0 radical (unpaired) electrons. The normalized spacial score (nSPS) is 16.9. The molecule has 0 atom stereocenters. The molecule has 1 amide bonds. The predicted octanol–water partition coefficient (Wildman–Crippen LogP) is 3.59. The summed E-state index contributed by atoms with van der Waals surface area (Å²) in [4.78, 5) is 11.8. The van der Waals surface area contributed by atoms with E-state index in [1.54, 1.807) is 12.1 Å². The van der Waals surface area contributed by atoms with Crippen LogP contribution in [0.5, 0.6) is 0 Å². The number of hydrogen-bond donors (Lipinski definition) is 2. The number of anilines is 1. The smallest absolute Gasteiger partial charge is 0.238 e. The molecular weight excluding hydrogens is 260 g/mol. The summed E-state index contributed by atoms with van der Waals surface area (Å²) < 4.78 is 0. The molecule has 0 aliphatic heterocycles. The highest BCUT2D eigenvalue weighted by molar-refractivity contribution is 6.30. The topological polar surface area (TPSA) is 41.1 Å². The molecule has 0 heterocycles. The fourth-order valence-corrected chi connectivity index (χ4v) is 2.68. The summed E-state index contributed by atoms with van der Waals surface area (Å²) in [5.41, 5.74) is 0.750. The van der Waals surface area contributed by atoms with Crippen molar-refractivity contribution in [3.8, 4) is 0 Å². The summed E-state index contributed by atoms with van der Waals surface area (Å²) in [6.45, 7) is 0.372. The van der Waals surface area contributed by atoms with E-state index in [4.69, 9.17) is 11.6 Å². The van der Waals surface area contributed by atoms with Gasteiger partial charge in [0.1, 0.15) is 0 Å². The lowest BCUT2D eigenvalue weighted by Gasteiger charge is -2.15. The number of hydrogen-bond acceptors (Lipinski definition) is 2. The third-order valence-corrected chi connectivity index (χ3v) is 3.75. The summed E-state index contributed by atoms with van der Waals surface area (Å²) in [6.07, 6.45) is 7.57. The van der Waals surface area contributed by atoms with Gasteiger partial charge in [0.15, 0.2) is 0 Å². The molecule has 0 spiro atoms. The minimum absolute atomic E-state index is 0.00786. The van der Waals surface area contributed by atoms with E-state index in [-0.39, 0.29) is 5.91 Å². The van der Waals surface area contributed by atoms with Crippen molar-refractivity contribution in [1.82, 2.24) is 5.32 Å². The van der Waals surface area contributed by atoms with Crippen LogP contribution in [0, 0.1) is 0 Å². The molecule has 1 saturated carbocycles. The summed E-state index contributed by atoms with van der Waals surface area (Å²) in [5, 5.41) is 6.84. The largest absolute Gasteiger partial charge is 0.325 e. The van der Waals surface area contributed by atoms with Crippen molar-refractivity contribution in [3.63, 3.8) is 0 Å². The molecule has 4 heteroatoms. The maximum absolute atomic E-state index is 11.8. The van der Waals surface area contributed by atoms with Crippen molar-refractivity contribution in [2.75, 3.05) is 11.9 Å². The predicted molar refractivity (Wildman–Crippen MR) is 79.6 cm³/mol. The van der Waals surface area contributed by atoms with Gasteiger partial charge in [0.2, 0.25) is 5.91 Å². The van der Waals surface area contributed by atoms with Gasteiger partial charge in [0.25, 0.3) is 0 Å². The Labute approximate surface area is 119 Å². The van der Waals surface area contributed by atoms with Gasteiger partial charge >= 0.3 is 0 Å². The number of halogens is 1. The lowest BCUT2D eigenvalue weighted by atomic mass is 10.1. The maximum Gasteiger partial charge on any atom is 0.238 e. The van der Waals surface area contributed by atoms with Crippen molar-refractivity contribution in [3.05, 3.63) is 29.3 Å². The molecule has 1 aliphatic rings. The fraction of sp³-hybridized carbons (Fsp3) is 0.533. The molecule has 1 fully saturated rings. The van der Waals surface area contributed by atoms with E-state index in [1.807, 2.05) is 12.1 Å². The quantitative estimate of drug-likeness (QED) is 0.828. The van der Waals surface area contributed by atoms with Crippen LogP contribution in [-0.2, 0) is 4.79 Å². The molecule has 1 aromatic carbocycles. The Kier molecular flexibility index (Phi) is 5.67. The molecular formula is C15H21ClN2O. The van der Waals surface area contributed by atoms with Gasteiger partial charge in [-0.05, 0) is 31.0 Å². The first kappa shape index (κ1) is 14.4. The highest BCUT2D eigenvalue weighted by Crippen LogP contribution is 2.17. The van der Waals surface area contributed by atoms with Crippen LogP contribution >= 0.6 is 11.6 Å². The molecule has 0 saturated heterocycles. The molecule has 2 N–H and O–H groups in total. The Morgan fingerprint density at radius 1 is 1.21 bits per heavy atom. The van der Waals surface area contributed by atoms with Crippen molar-refractivity contribution in [2.24, 2.45) is 0 Å². The van der Waals surface area contributed by atoms with Crippen LogP contribution in [0.2, 0.25) is 5.02 Å². The van der Waals surface area contributed by atoms with E-state index in [0.717, 1.165) is 5.69 Å². The zero-order valence-electron chi connectivity index (χ0n) is 11.1. The van der Waals surface area contributed by atoms with Crippen LogP contribution in [0.15, 0.2) is 24.3 Å². The van der Waals surface area contributed by atoms with E-state index in [9.17, 15) is 4.79 Å². The summed E-state index contributed by atoms with van der Waals surface area (Å²) in [7, 11) is 0. The van der Waals surface area contributed by atoms with Gasteiger partial charge < -0.3 is 10.6 Å². The maximum atomic E-state index is 11.8. The Morgan fingerprint density at radius 2 is 1.95 bits per heavy atom. The molecule has 0 aromatic heterocycles. The number of nitrogens with one attached hydrogen (secondary N) is 2. The zero-order chi connectivity index (χ0) is 13.5. The van der Waals surface area contributed by atoms with Gasteiger partial charge in [-0.25, -0.2) is 0 Å². The first-order chi connectivity index (χ1) is 9.24. The SMILES string of the molecule is O=C(CNC1CCCCCC1)Nc1cccc(Cl)c1. The van der Waals surface area contributed by atoms with E-state index >= 15 is 0 Å². The highest BCUT2D eigenvalue weighted by atomic mass is 35.5. The number of rotatable bonds is 4. The number of benzene rings is 1. The van der Waals surface area contributed by atoms with Crippen LogP contribution < -0.4 is 10.6 Å². The molecule has 19 heavy (non-hydrogen) atoms. The first-order valence-corrected chi connectivity index (χ1v) is 7.40. The summed E-state index contributed by atoms with van der Waals surface area (Å²) in [5.74, 6) is -0.00786. The Hall–Kier alpha value is -1.06. The average molecular weight is 281 g/mol. The van der Waals surface area contributed by atoms with Crippen LogP contribution in [0.25, 0.3) is 0 Å². The average Bonchev–Trinajstić information content (AvgIpc) is 2.65. The third kappa shape index (κ3) is 5.21. The standard InChI is InChI=1S/C15H21ClN2O/c16-12-6-5-9-14(10-12)18-15(19)11-17-13-7-3-1-2-4-8-13/h5-6,9-10,13,17H,1-4,7-8,11H2,(H,18,19). The monoisotopic (exact) mass is 280 g/mol. The van der Waals surface area contributed by atoms with Gasteiger partial charge in [-0.3, -0.25) is 4.79 Å². The third-order valence-electron chi connectivity index (χ3n) is 3.51. The van der Waals surface area contributed by atoms with E-state index in [1.165, 1.54) is 38.5 Å². The number of carbonyl (C=O) groups is 1. The van der Waals surface area contributed by atoms with E-state index in [2.05, 4.69) is 10.6 Å². The lowest BCUT2D eigenvalue weighted by Crippen LogP contribution is -2.35. The molecule has 104 valence electrons. The summed E-state index contributed by atoms with van der Waals surface area (Å²) in [6, 6.07) is 7.71. The van der Waals surface area contributed by atoms with Crippen LogP contribution in [0.1, 0.15) is 38.5 Å². The number of carbonyl (C=O) groups excluding carboxylic acids is 1. The number of amides is 1. The van der Waals surface area contributed by atoms with E-state index in [0.29, 0.717) is 17.6 Å². The molecule has 2 rings (SSSR count). The van der Waals surface area contributed by atoms with Gasteiger partial charge in [0, 0.05) is 16.8 Å². The van der Waals surface area contributed by atoms with Gasteiger partial charge in [0.05, 0.1) is 6.54 Å². The van der Waals surface area contributed by atoms with Gasteiger partial charge in [-0.1, -0.05) is 43.4 Å². The van der Waals surface area contributed by atoms with Crippen molar-refractivity contribution < 1.29 is 4.79 Å². The van der Waals surface area contributed by atoms with Crippen LogP contribution in [0.4, 0.5) is 5.69 Å². The molecule has 0 bridgehead atoms. The van der Waals surface area contributed by atoms with Crippen molar-refractivity contribution >= 4 is 23.2 Å². The Balaban J connectivity index is 1.75. The van der Waals surface area contributed by atoms with Gasteiger partial charge in [-0.15, -0.1) is 0 Å². The minimum atomic E-state index is -0.00786. The van der Waals surface area contributed by atoms with Crippen LogP contribution in [0.3, 0.4) is 0 Å². The second kappa shape index (κ2) is 7.51. The first-order valence-electron chi connectivity index (χ1n) is 7.03. The Bertz CT molecular complexity index is 414. The molecule has 1 aromatic rings. The van der Waals surface area contributed by atoms with Gasteiger partial charge in [-0.2, -0.15) is 0 Å². The fourth-order valence-electron chi connectivity index (χ4n) is 2.49. The molecule has 1 aliphatic carbocycles. The highest BCUT2D eigenvalue weighted by Gasteiger charge is 2.12. The second-order valence-electron chi connectivity index (χ2n) is 5.13. The van der Waals surface area contributed by atoms with Crippen molar-refractivity contribution in [2.45, 2.75) is 44.6 Å². The molecule has 0 unspecified atom stereocenters. The lowest BCUT2D eigenvalue weighted by molar-refractivity contribution is -0.115. The van der Waals surface area contributed by atoms with E-state index < -0.39 is 0 Å². The summed E-state index contributed by atoms with van der Waals surface area (Å²) >= 11 is 5.88. The second-order valence-corrected chi connectivity index (χ2v) is 5.56.